The molecule has 4 rings (SSSR count). The van der Waals surface area contributed by atoms with Crippen LogP contribution in [0.4, 0.5) is 0 Å². The van der Waals surface area contributed by atoms with Crippen molar-refractivity contribution in [3.63, 3.8) is 0 Å². The molecule has 130 valence electrons. The third kappa shape index (κ3) is 3.12. The Labute approximate surface area is 148 Å². The summed E-state index contributed by atoms with van der Waals surface area (Å²) in [6, 6.07) is 12.4. The van der Waals surface area contributed by atoms with Crippen LogP contribution in [0.5, 0.6) is 5.75 Å². The second kappa shape index (κ2) is 6.84. The fourth-order valence-electron chi connectivity index (χ4n) is 3.92. The van der Waals surface area contributed by atoms with Gasteiger partial charge in [-0.25, -0.2) is 4.98 Å². The summed E-state index contributed by atoms with van der Waals surface area (Å²) in [5.41, 5.74) is 3.41. The predicted octanol–water partition coefficient (Wildman–Crippen LogP) is 3.36. The molecule has 5 nitrogen and oxygen atoms in total. The molecular formula is C20H24N4O. The normalized spacial score (nSPS) is 18.6. The van der Waals surface area contributed by atoms with Gasteiger partial charge in [0.2, 0.25) is 0 Å². The summed E-state index contributed by atoms with van der Waals surface area (Å²) in [4.78, 5) is 6.99. The Balaban J connectivity index is 1.56. The van der Waals surface area contributed by atoms with E-state index in [2.05, 4.69) is 28.1 Å². The van der Waals surface area contributed by atoms with E-state index < -0.39 is 0 Å². The number of benzene rings is 1. The fraction of sp³-hybridized carbons (Fsp3) is 0.400. The first-order valence-electron chi connectivity index (χ1n) is 8.88. The van der Waals surface area contributed by atoms with E-state index in [0.29, 0.717) is 5.92 Å². The molecule has 2 aromatic heterocycles. The van der Waals surface area contributed by atoms with Crippen molar-refractivity contribution in [1.82, 2.24) is 19.7 Å². The Morgan fingerprint density at radius 1 is 1.20 bits per heavy atom. The number of para-hydroxylation sites is 1. The molecule has 1 atom stereocenters. The van der Waals surface area contributed by atoms with Crippen LogP contribution < -0.4 is 4.74 Å². The van der Waals surface area contributed by atoms with E-state index in [4.69, 9.17) is 9.84 Å². The summed E-state index contributed by atoms with van der Waals surface area (Å²) < 4.78 is 7.42. The number of ether oxygens (including phenoxy) is 1. The van der Waals surface area contributed by atoms with Crippen molar-refractivity contribution < 1.29 is 4.74 Å². The Kier molecular flexibility index (Phi) is 4.40. The maximum atomic E-state index is 5.51. The van der Waals surface area contributed by atoms with Crippen LogP contribution >= 0.6 is 0 Å². The van der Waals surface area contributed by atoms with Crippen LogP contribution in [0.1, 0.15) is 30.0 Å². The van der Waals surface area contributed by atoms with E-state index in [-0.39, 0.29) is 0 Å². The lowest BCUT2D eigenvalue weighted by Gasteiger charge is -2.32. The highest BCUT2D eigenvalue weighted by atomic mass is 16.5. The number of fused-ring (bicyclic) bond motifs is 1. The Morgan fingerprint density at radius 2 is 2.08 bits per heavy atom. The molecule has 0 radical (unpaired) electrons. The van der Waals surface area contributed by atoms with Crippen LogP contribution in [0.2, 0.25) is 0 Å². The van der Waals surface area contributed by atoms with Gasteiger partial charge in [0, 0.05) is 43.2 Å². The molecule has 5 heteroatoms. The molecule has 0 unspecified atom stereocenters. The molecule has 25 heavy (non-hydrogen) atoms. The topological polar surface area (TPSA) is 43.2 Å². The molecule has 1 saturated heterocycles. The molecule has 0 aliphatic carbocycles. The largest absolute Gasteiger partial charge is 0.496 e. The fourth-order valence-corrected chi connectivity index (χ4v) is 3.92. The first kappa shape index (κ1) is 16.1. The molecule has 1 fully saturated rings. The number of aromatic nitrogens is 3. The van der Waals surface area contributed by atoms with Gasteiger partial charge in [0.05, 0.1) is 12.8 Å². The third-order valence-electron chi connectivity index (χ3n) is 5.11. The second-order valence-corrected chi connectivity index (χ2v) is 6.77. The van der Waals surface area contributed by atoms with E-state index in [9.17, 15) is 0 Å². The number of aryl methyl sites for hydroxylation is 1. The highest BCUT2D eigenvalue weighted by Crippen LogP contribution is 2.32. The average molecular weight is 336 g/mol. The lowest BCUT2D eigenvalue weighted by molar-refractivity contribution is 0.196. The minimum absolute atomic E-state index is 0.455. The van der Waals surface area contributed by atoms with Crippen LogP contribution in [0.15, 0.2) is 42.6 Å². The predicted molar refractivity (Wildman–Crippen MR) is 98.8 cm³/mol. The number of piperidine rings is 1. The first-order chi connectivity index (χ1) is 12.3. The van der Waals surface area contributed by atoms with E-state index in [1.165, 1.54) is 29.5 Å². The zero-order valence-corrected chi connectivity index (χ0v) is 14.9. The Hall–Kier alpha value is -2.40. The molecule has 1 aromatic carbocycles. The van der Waals surface area contributed by atoms with Crippen molar-refractivity contribution >= 4 is 11.0 Å². The first-order valence-corrected chi connectivity index (χ1v) is 8.88. The number of pyridine rings is 1. The number of hydrogen-bond acceptors (Lipinski definition) is 4. The molecule has 1 aliphatic rings. The molecule has 0 bridgehead atoms. The van der Waals surface area contributed by atoms with Crippen molar-refractivity contribution in [2.24, 2.45) is 7.05 Å². The SMILES string of the molecule is COc1ccccc1CN1CCC[C@@H](c2nn(C)c3ncccc23)C1. The molecule has 0 saturated carbocycles. The maximum Gasteiger partial charge on any atom is 0.157 e. The number of methoxy groups -OCH3 is 1. The smallest absolute Gasteiger partial charge is 0.157 e. The van der Waals surface area contributed by atoms with Crippen molar-refractivity contribution in [2.75, 3.05) is 20.2 Å². The zero-order valence-electron chi connectivity index (χ0n) is 14.9. The van der Waals surface area contributed by atoms with Crippen molar-refractivity contribution in [2.45, 2.75) is 25.3 Å². The number of hydrogen-bond donors (Lipinski definition) is 0. The van der Waals surface area contributed by atoms with Gasteiger partial charge in [-0.3, -0.25) is 9.58 Å². The average Bonchev–Trinajstić information content (AvgIpc) is 3.00. The van der Waals surface area contributed by atoms with Gasteiger partial charge in [0.1, 0.15) is 5.75 Å². The van der Waals surface area contributed by atoms with Gasteiger partial charge >= 0.3 is 0 Å². The highest BCUT2D eigenvalue weighted by molar-refractivity contribution is 5.78. The van der Waals surface area contributed by atoms with Crippen LogP contribution in [0.3, 0.4) is 0 Å². The van der Waals surface area contributed by atoms with Crippen molar-refractivity contribution in [1.29, 1.82) is 0 Å². The Morgan fingerprint density at radius 3 is 2.96 bits per heavy atom. The summed E-state index contributed by atoms with van der Waals surface area (Å²) in [5, 5.41) is 5.98. The quantitative estimate of drug-likeness (QED) is 0.733. The monoisotopic (exact) mass is 336 g/mol. The van der Waals surface area contributed by atoms with E-state index in [1.54, 1.807) is 7.11 Å². The van der Waals surface area contributed by atoms with Gasteiger partial charge in [0.25, 0.3) is 0 Å². The lowest BCUT2D eigenvalue weighted by atomic mass is 9.93. The van der Waals surface area contributed by atoms with Gasteiger partial charge in [-0.05, 0) is 37.6 Å². The van der Waals surface area contributed by atoms with Crippen LogP contribution in [0.25, 0.3) is 11.0 Å². The van der Waals surface area contributed by atoms with Crippen molar-refractivity contribution in [3.8, 4) is 5.75 Å². The van der Waals surface area contributed by atoms with Gasteiger partial charge in [-0.15, -0.1) is 0 Å². The summed E-state index contributed by atoms with van der Waals surface area (Å²) in [5.74, 6) is 1.42. The molecule has 3 heterocycles. The Bertz CT molecular complexity index is 873. The van der Waals surface area contributed by atoms with E-state index >= 15 is 0 Å². The highest BCUT2D eigenvalue weighted by Gasteiger charge is 2.26. The third-order valence-corrected chi connectivity index (χ3v) is 5.11. The molecule has 0 N–H and O–H groups in total. The summed E-state index contributed by atoms with van der Waals surface area (Å²) in [7, 11) is 3.72. The number of likely N-dealkylation sites (tertiary alicyclic amines) is 1. The molecule has 0 spiro atoms. The summed E-state index contributed by atoms with van der Waals surface area (Å²) in [6.07, 6.45) is 4.21. The molecular weight excluding hydrogens is 312 g/mol. The van der Waals surface area contributed by atoms with Crippen LogP contribution in [-0.2, 0) is 13.6 Å². The van der Waals surface area contributed by atoms with Gasteiger partial charge in [0.15, 0.2) is 5.65 Å². The van der Waals surface area contributed by atoms with E-state index in [0.717, 1.165) is 31.0 Å². The second-order valence-electron chi connectivity index (χ2n) is 6.77. The van der Waals surface area contributed by atoms with Crippen LogP contribution in [0, 0.1) is 0 Å². The minimum atomic E-state index is 0.455. The standard InChI is InChI=1S/C20H24N4O/c1-23-20-17(9-5-11-21-20)19(22-23)16-8-6-12-24(14-16)13-15-7-3-4-10-18(15)25-2/h3-5,7,9-11,16H,6,8,12-14H2,1-2H3/t16-/m1/s1. The van der Waals surface area contributed by atoms with Crippen molar-refractivity contribution in [3.05, 3.63) is 53.9 Å². The van der Waals surface area contributed by atoms with Gasteiger partial charge in [-0.1, -0.05) is 18.2 Å². The summed E-state index contributed by atoms with van der Waals surface area (Å²) in [6.45, 7) is 3.07. The number of nitrogens with zero attached hydrogens (tertiary/aromatic N) is 4. The number of rotatable bonds is 4. The molecule has 3 aromatic rings. The molecule has 1 aliphatic heterocycles. The van der Waals surface area contributed by atoms with Crippen LogP contribution in [-0.4, -0.2) is 39.9 Å². The minimum Gasteiger partial charge on any atom is -0.496 e. The molecule has 0 amide bonds. The lowest BCUT2D eigenvalue weighted by Crippen LogP contribution is -2.34. The van der Waals surface area contributed by atoms with Gasteiger partial charge in [-0.2, -0.15) is 5.10 Å². The van der Waals surface area contributed by atoms with E-state index in [1.807, 2.05) is 36.1 Å². The zero-order chi connectivity index (χ0) is 17.2. The summed E-state index contributed by atoms with van der Waals surface area (Å²) >= 11 is 0. The maximum absolute atomic E-state index is 5.51. The van der Waals surface area contributed by atoms with Gasteiger partial charge < -0.3 is 4.74 Å².